The third-order valence-corrected chi connectivity index (χ3v) is 3.29. The minimum absolute atomic E-state index is 0.373. The van der Waals surface area contributed by atoms with Gasteiger partial charge in [-0.25, -0.2) is 0 Å². The van der Waals surface area contributed by atoms with Crippen molar-refractivity contribution < 1.29 is 5.11 Å². The first-order valence-electron chi connectivity index (χ1n) is 6.04. The van der Waals surface area contributed by atoms with E-state index < -0.39 is 0 Å². The van der Waals surface area contributed by atoms with Crippen molar-refractivity contribution in [2.45, 2.75) is 72.8 Å². The molecule has 1 aliphatic rings. The molecule has 0 heterocycles. The van der Waals surface area contributed by atoms with E-state index in [1.165, 1.54) is 12.8 Å². The molecular formula is C13H28O. The topological polar surface area (TPSA) is 20.2 Å². The Bertz CT molecular complexity index is 143. The molecule has 0 amide bonds. The van der Waals surface area contributed by atoms with Gasteiger partial charge in [0.2, 0.25) is 0 Å². The normalized spacial score (nSPS) is 33.2. The van der Waals surface area contributed by atoms with E-state index in [9.17, 15) is 5.11 Å². The highest BCUT2D eigenvalue weighted by Crippen LogP contribution is 2.40. The lowest BCUT2D eigenvalue weighted by Crippen LogP contribution is -2.34. The Hall–Kier alpha value is -0.0400. The summed E-state index contributed by atoms with van der Waals surface area (Å²) in [7, 11) is 0. The summed E-state index contributed by atoms with van der Waals surface area (Å²) in [5.41, 5.74) is 0.0538. The Morgan fingerprint density at radius 1 is 1.07 bits per heavy atom. The third-order valence-electron chi connectivity index (χ3n) is 3.29. The van der Waals surface area contributed by atoms with E-state index in [1.807, 2.05) is 20.8 Å². The molecule has 0 radical (unpaired) electrons. The molecule has 0 bridgehead atoms. The van der Waals surface area contributed by atoms with Crippen LogP contribution in [0.3, 0.4) is 0 Å². The molecule has 0 aromatic carbocycles. The van der Waals surface area contributed by atoms with Crippen LogP contribution in [0.2, 0.25) is 0 Å². The monoisotopic (exact) mass is 200 g/mol. The first kappa shape index (κ1) is 14.0. The summed E-state index contributed by atoms with van der Waals surface area (Å²) >= 11 is 0. The van der Waals surface area contributed by atoms with Crippen molar-refractivity contribution in [3.8, 4) is 0 Å². The van der Waals surface area contributed by atoms with Crippen molar-refractivity contribution in [2.24, 2.45) is 11.3 Å². The van der Waals surface area contributed by atoms with Crippen molar-refractivity contribution in [3.05, 3.63) is 0 Å². The lowest BCUT2D eigenvalue weighted by Gasteiger charge is -2.39. The van der Waals surface area contributed by atoms with Crippen LogP contribution in [0, 0.1) is 11.3 Å². The van der Waals surface area contributed by atoms with Gasteiger partial charge >= 0.3 is 0 Å². The standard InChI is InChI=1S/C11H22O.C2H6/c1-10(2,3)9-5-7-11(4,12)8-6-9;1-2/h9,12H,5-8H2,1-4H3;1-2H3. The molecule has 0 atom stereocenters. The number of rotatable bonds is 0. The Balaban J connectivity index is 0.000000791. The summed E-state index contributed by atoms with van der Waals surface area (Å²) in [6.45, 7) is 12.9. The van der Waals surface area contributed by atoms with Crippen LogP contribution < -0.4 is 0 Å². The summed E-state index contributed by atoms with van der Waals surface area (Å²) < 4.78 is 0. The lowest BCUT2D eigenvalue weighted by atomic mass is 9.69. The van der Waals surface area contributed by atoms with Gasteiger partial charge in [-0.2, -0.15) is 0 Å². The summed E-state index contributed by atoms with van der Waals surface area (Å²) in [6, 6.07) is 0. The zero-order chi connectivity index (χ0) is 11.4. The molecule has 1 nitrogen and oxygen atoms in total. The van der Waals surface area contributed by atoms with Gasteiger partial charge in [-0.05, 0) is 43.9 Å². The molecule has 1 saturated carbocycles. The smallest absolute Gasteiger partial charge is 0.0620 e. The average Bonchev–Trinajstić information content (AvgIpc) is 2.05. The van der Waals surface area contributed by atoms with Crippen molar-refractivity contribution in [1.29, 1.82) is 0 Å². The van der Waals surface area contributed by atoms with Gasteiger partial charge in [0.05, 0.1) is 5.60 Å². The van der Waals surface area contributed by atoms with Crippen molar-refractivity contribution in [2.75, 3.05) is 0 Å². The van der Waals surface area contributed by atoms with E-state index in [0.29, 0.717) is 5.41 Å². The maximum Gasteiger partial charge on any atom is 0.0620 e. The summed E-state index contributed by atoms with van der Waals surface area (Å²) in [5.74, 6) is 0.803. The van der Waals surface area contributed by atoms with Crippen molar-refractivity contribution >= 4 is 0 Å². The molecule has 0 aromatic rings. The maximum absolute atomic E-state index is 9.76. The fourth-order valence-corrected chi connectivity index (χ4v) is 2.11. The molecule has 0 aliphatic heterocycles. The first-order valence-corrected chi connectivity index (χ1v) is 6.04. The molecule has 0 aromatic heterocycles. The number of aliphatic hydroxyl groups is 1. The van der Waals surface area contributed by atoms with E-state index in [4.69, 9.17) is 0 Å². The van der Waals surface area contributed by atoms with Gasteiger partial charge in [0.15, 0.2) is 0 Å². The maximum atomic E-state index is 9.76. The van der Waals surface area contributed by atoms with Crippen molar-refractivity contribution in [3.63, 3.8) is 0 Å². The molecule has 0 saturated heterocycles. The summed E-state index contributed by atoms with van der Waals surface area (Å²) in [5, 5.41) is 9.76. The van der Waals surface area contributed by atoms with Crippen LogP contribution >= 0.6 is 0 Å². The summed E-state index contributed by atoms with van der Waals surface area (Å²) in [4.78, 5) is 0. The average molecular weight is 200 g/mol. The van der Waals surface area contributed by atoms with E-state index in [-0.39, 0.29) is 5.60 Å². The molecule has 0 spiro atoms. The second kappa shape index (κ2) is 5.16. The van der Waals surface area contributed by atoms with Crippen LogP contribution in [0.15, 0.2) is 0 Å². The Morgan fingerprint density at radius 2 is 1.43 bits per heavy atom. The van der Waals surface area contributed by atoms with Gasteiger partial charge in [-0.15, -0.1) is 0 Å². The highest BCUT2D eigenvalue weighted by Gasteiger charge is 2.33. The van der Waals surface area contributed by atoms with Crippen LogP contribution in [-0.2, 0) is 0 Å². The minimum Gasteiger partial charge on any atom is -0.390 e. The number of hydrogen-bond acceptors (Lipinski definition) is 1. The number of hydrogen-bond donors (Lipinski definition) is 1. The minimum atomic E-state index is -0.373. The first-order chi connectivity index (χ1) is 6.31. The second-order valence-corrected chi connectivity index (χ2v) is 5.64. The van der Waals surface area contributed by atoms with Gasteiger partial charge in [0.1, 0.15) is 0 Å². The molecule has 1 rings (SSSR count). The van der Waals surface area contributed by atoms with Crippen molar-refractivity contribution in [1.82, 2.24) is 0 Å². The molecule has 1 heteroatoms. The van der Waals surface area contributed by atoms with E-state index >= 15 is 0 Å². The molecule has 86 valence electrons. The predicted octanol–water partition coefficient (Wildman–Crippen LogP) is 4.00. The largest absolute Gasteiger partial charge is 0.390 e. The van der Waals surface area contributed by atoms with Crippen LogP contribution in [0.25, 0.3) is 0 Å². The highest BCUT2D eigenvalue weighted by molar-refractivity contribution is 4.86. The SMILES string of the molecule is CC.CC1(O)CCC(C(C)(C)C)CC1. The molecular weight excluding hydrogens is 172 g/mol. The highest BCUT2D eigenvalue weighted by atomic mass is 16.3. The Morgan fingerprint density at radius 3 is 1.71 bits per heavy atom. The van der Waals surface area contributed by atoms with Gasteiger partial charge in [-0.3, -0.25) is 0 Å². The van der Waals surface area contributed by atoms with Crippen LogP contribution in [0.5, 0.6) is 0 Å². The fraction of sp³-hybridized carbons (Fsp3) is 1.00. The van der Waals surface area contributed by atoms with Gasteiger partial charge in [0.25, 0.3) is 0 Å². The molecule has 14 heavy (non-hydrogen) atoms. The molecule has 1 aliphatic carbocycles. The molecule has 1 N–H and O–H groups in total. The van der Waals surface area contributed by atoms with Gasteiger partial charge in [0, 0.05) is 0 Å². The predicted molar refractivity (Wildman–Crippen MR) is 63.4 cm³/mol. The molecule has 0 unspecified atom stereocenters. The van der Waals surface area contributed by atoms with Crippen LogP contribution in [-0.4, -0.2) is 10.7 Å². The fourth-order valence-electron chi connectivity index (χ4n) is 2.11. The van der Waals surface area contributed by atoms with E-state index in [1.54, 1.807) is 0 Å². The lowest BCUT2D eigenvalue weighted by molar-refractivity contribution is -0.00969. The Kier molecular flexibility index (Phi) is 5.14. The Labute approximate surface area is 89.9 Å². The molecule has 1 fully saturated rings. The zero-order valence-corrected chi connectivity index (χ0v) is 10.9. The zero-order valence-electron chi connectivity index (χ0n) is 10.9. The van der Waals surface area contributed by atoms with Gasteiger partial charge < -0.3 is 5.11 Å². The van der Waals surface area contributed by atoms with E-state index in [0.717, 1.165) is 18.8 Å². The van der Waals surface area contributed by atoms with Gasteiger partial charge in [-0.1, -0.05) is 34.6 Å². The van der Waals surface area contributed by atoms with E-state index in [2.05, 4.69) is 20.8 Å². The summed E-state index contributed by atoms with van der Waals surface area (Å²) in [6.07, 6.45) is 4.34. The third kappa shape index (κ3) is 4.45. The van der Waals surface area contributed by atoms with Crippen LogP contribution in [0.1, 0.15) is 67.2 Å². The second-order valence-electron chi connectivity index (χ2n) is 5.64. The van der Waals surface area contributed by atoms with Crippen LogP contribution in [0.4, 0.5) is 0 Å². The quantitative estimate of drug-likeness (QED) is 0.626.